The zero-order valence-electron chi connectivity index (χ0n) is 20.1. The van der Waals surface area contributed by atoms with Gasteiger partial charge in [0.2, 0.25) is 0 Å². The van der Waals surface area contributed by atoms with Crippen LogP contribution in [0.5, 0.6) is 0 Å². The minimum absolute atomic E-state index is 0.0731. The van der Waals surface area contributed by atoms with Gasteiger partial charge in [-0.05, 0) is 34.1 Å². The molecule has 4 heteroatoms. The van der Waals surface area contributed by atoms with Crippen molar-refractivity contribution in [2.24, 2.45) is 0 Å². The van der Waals surface area contributed by atoms with Gasteiger partial charge in [-0.1, -0.05) is 84.0 Å². The summed E-state index contributed by atoms with van der Waals surface area (Å²) in [7, 11) is 0. The molecule has 29 heavy (non-hydrogen) atoms. The Morgan fingerprint density at radius 3 is 1.59 bits per heavy atom. The standard InChI is InChI=1S/C25H49NO3/c1-6-7-8-9-10-11-12-13-14-15-16-17-18-19-23(27)29-22-20-24(2,3)26(28)25(4,5)21-22/h22,28H,6-21H2,1-5H3. The van der Waals surface area contributed by atoms with E-state index in [0.717, 1.165) is 12.8 Å². The van der Waals surface area contributed by atoms with E-state index in [4.69, 9.17) is 4.74 Å². The number of unbranched alkanes of at least 4 members (excludes halogenated alkanes) is 12. The number of nitrogens with zero attached hydrogens (tertiary/aromatic N) is 1. The van der Waals surface area contributed by atoms with Crippen LogP contribution in [0.25, 0.3) is 0 Å². The Morgan fingerprint density at radius 2 is 1.17 bits per heavy atom. The lowest BCUT2D eigenvalue weighted by Gasteiger charge is -2.50. The number of hydroxylamine groups is 2. The summed E-state index contributed by atoms with van der Waals surface area (Å²) in [5.41, 5.74) is -0.746. The average molecular weight is 412 g/mol. The molecule has 0 saturated carbocycles. The Morgan fingerprint density at radius 1 is 0.793 bits per heavy atom. The first-order chi connectivity index (χ1) is 13.7. The molecular weight excluding hydrogens is 362 g/mol. The van der Waals surface area contributed by atoms with Gasteiger partial charge < -0.3 is 9.94 Å². The summed E-state index contributed by atoms with van der Waals surface area (Å²) in [5, 5.41) is 11.8. The lowest BCUT2D eigenvalue weighted by molar-refractivity contribution is -0.259. The van der Waals surface area contributed by atoms with Crippen molar-refractivity contribution >= 4 is 5.97 Å². The van der Waals surface area contributed by atoms with Crippen LogP contribution in [0.15, 0.2) is 0 Å². The summed E-state index contributed by atoms with van der Waals surface area (Å²) >= 11 is 0. The molecule has 1 aliphatic heterocycles. The molecule has 0 atom stereocenters. The van der Waals surface area contributed by atoms with E-state index >= 15 is 0 Å². The first-order valence-corrected chi connectivity index (χ1v) is 12.4. The van der Waals surface area contributed by atoms with Crippen molar-refractivity contribution in [2.75, 3.05) is 0 Å². The first-order valence-electron chi connectivity index (χ1n) is 12.4. The minimum atomic E-state index is -0.373. The van der Waals surface area contributed by atoms with Gasteiger partial charge in [-0.15, -0.1) is 0 Å². The largest absolute Gasteiger partial charge is 0.462 e. The zero-order valence-corrected chi connectivity index (χ0v) is 20.1. The molecule has 0 spiro atoms. The van der Waals surface area contributed by atoms with E-state index in [1.807, 2.05) is 27.7 Å². The highest BCUT2D eigenvalue weighted by molar-refractivity contribution is 5.69. The molecule has 0 aromatic carbocycles. The molecule has 4 nitrogen and oxygen atoms in total. The molecule has 0 bridgehead atoms. The van der Waals surface area contributed by atoms with Crippen molar-refractivity contribution in [1.29, 1.82) is 0 Å². The smallest absolute Gasteiger partial charge is 0.306 e. The normalized spacial score (nSPS) is 19.4. The number of ether oxygens (including phenoxy) is 1. The monoisotopic (exact) mass is 411 g/mol. The van der Waals surface area contributed by atoms with Gasteiger partial charge in [-0.3, -0.25) is 4.79 Å². The van der Waals surface area contributed by atoms with E-state index in [9.17, 15) is 10.0 Å². The first kappa shape index (κ1) is 26.4. The Hall–Kier alpha value is -0.610. The highest BCUT2D eigenvalue weighted by atomic mass is 16.5. The number of piperidine rings is 1. The van der Waals surface area contributed by atoms with E-state index in [1.54, 1.807) is 0 Å². The number of carbonyl (C=O) groups is 1. The second-order valence-corrected chi connectivity index (χ2v) is 10.4. The van der Waals surface area contributed by atoms with E-state index in [1.165, 1.54) is 75.7 Å². The second kappa shape index (κ2) is 13.6. The number of esters is 1. The molecule has 1 N–H and O–H groups in total. The van der Waals surface area contributed by atoms with E-state index in [2.05, 4.69) is 6.92 Å². The molecule has 0 radical (unpaired) electrons. The third-order valence-electron chi connectivity index (χ3n) is 6.38. The second-order valence-electron chi connectivity index (χ2n) is 10.4. The SMILES string of the molecule is CCCCCCCCCCCCCCCC(=O)OC1CC(C)(C)N(O)C(C)(C)C1. The van der Waals surface area contributed by atoms with Crippen molar-refractivity contribution in [3.05, 3.63) is 0 Å². The Kier molecular flexibility index (Phi) is 12.4. The van der Waals surface area contributed by atoms with Gasteiger partial charge >= 0.3 is 5.97 Å². The van der Waals surface area contributed by atoms with Gasteiger partial charge in [-0.25, -0.2) is 0 Å². The predicted octanol–water partition coefficient (Wildman–Crippen LogP) is 7.42. The maximum absolute atomic E-state index is 12.2. The van der Waals surface area contributed by atoms with Crippen LogP contribution in [0.3, 0.4) is 0 Å². The van der Waals surface area contributed by atoms with Crippen LogP contribution < -0.4 is 0 Å². The number of rotatable bonds is 15. The third-order valence-corrected chi connectivity index (χ3v) is 6.38. The summed E-state index contributed by atoms with van der Waals surface area (Å²) in [6, 6.07) is 0. The summed E-state index contributed by atoms with van der Waals surface area (Å²) in [6.07, 6.45) is 18.8. The number of hydrogen-bond donors (Lipinski definition) is 1. The Labute approximate surface area is 180 Å². The lowest BCUT2D eigenvalue weighted by Crippen LogP contribution is -2.60. The minimum Gasteiger partial charge on any atom is -0.462 e. The summed E-state index contributed by atoms with van der Waals surface area (Å²) in [5.74, 6) is -0.0731. The van der Waals surface area contributed by atoms with Crippen LogP contribution in [-0.2, 0) is 9.53 Å². The van der Waals surface area contributed by atoms with Crippen molar-refractivity contribution in [3.63, 3.8) is 0 Å². The van der Waals surface area contributed by atoms with Gasteiger partial charge in [0.05, 0.1) is 0 Å². The maximum Gasteiger partial charge on any atom is 0.306 e. The van der Waals surface area contributed by atoms with E-state index in [0.29, 0.717) is 19.3 Å². The topological polar surface area (TPSA) is 49.8 Å². The predicted molar refractivity (Wildman–Crippen MR) is 121 cm³/mol. The molecule has 0 aromatic heterocycles. The van der Waals surface area contributed by atoms with Crippen LogP contribution in [0.4, 0.5) is 0 Å². The van der Waals surface area contributed by atoms with Gasteiger partial charge in [0.25, 0.3) is 0 Å². The molecular formula is C25H49NO3. The molecule has 0 unspecified atom stereocenters. The average Bonchev–Trinajstić information content (AvgIpc) is 2.63. The van der Waals surface area contributed by atoms with Crippen molar-refractivity contribution in [2.45, 2.75) is 155 Å². The highest BCUT2D eigenvalue weighted by Crippen LogP contribution is 2.38. The summed E-state index contributed by atoms with van der Waals surface area (Å²) < 4.78 is 5.74. The van der Waals surface area contributed by atoms with Crippen LogP contribution in [0.1, 0.15) is 137 Å². The summed E-state index contributed by atoms with van der Waals surface area (Å²) in [4.78, 5) is 12.2. The van der Waals surface area contributed by atoms with Gasteiger partial charge in [-0.2, -0.15) is 5.06 Å². The summed E-state index contributed by atoms with van der Waals surface area (Å²) in [6.45, 7) is 10.3. The molecule has 1 heterocycles. The molecule has 172 valence electrons. The highest BCUT2D eigenvalue weighted by Gasteiger charge is 2.46. The van der Waals surface area contributed by atoms with Crippen LogP contribution in [0, 0.1) is 0 Å². The quantitative estimate of drug-likeness (QED) is 0.225. The van der Waals surface area contributed by atoms with Crippen molar-refractivity contribution < 1.29 is 14.7 Å². The molecule has 1 rings (SSSR count). The molecule has 0 aliphatic carbocycles. The Balaban J connectivity index is 2.01. The van der Waals surface area contributed by atoms with E-state index in [-0.39, 0.29) is 23.2 Å². The van der Waals surface area contributed by atoms with Crippen LogP contribution in [-0.4, -0.2) is 33.4 Å². The fourth-order valence-electron chi connectivity index (χ4n) is 4.79. The van der Waals surface area contributed by atoms with Gasteiger partial charge in [0.15, 0.2) is 0 Å². The van der Waals surface area contributed by atoms with E-state index < -0.39 is 0 Å². The molecule has 1 fully saturated rings. The third kappa shape index (κ3) is 10.8. The zero-order chi connectivity index (χ0) is 21.8. The van der Waals surface area contributed by atoms with Crippen molar-refractivity contribution in [1.82, 2.24) is 5.06 Å². The van der Waals surface area contributed by atoms with Crippen LogP contribution in [0.2, 0.25) is 0 Å². The fourth-order valence-corrected chi connectivity index (χ4v) is 4.79. The van der Waals surface area contributed by atoms with Gasteiger partial charge in [0, 0.05) is 30.3 Å². The number of hydrogen-bond acceptors (Lipinski definition) is 4. The Bertz CT molecular complexity index is 429. The molecule has 1 aliphatic rings. The fraction of sp³-hybridized carbons (Fsp3) is 0.960. The van der Waals surface area contributed by atoms with Crippen LogP contribution >= 0.6 is 0 Å². The van der Waals surface area contributed by atoms with Crippen molar-refractivity contribution in [3.8, 4) is 0 Å². The molecule has 0 amide bonds. The van der Waals surface area contributed by atoms with Gasteiger partial charge in [0.1, 0.15) is 6.10 Å². The maximum atomic E-state index is 12.2. The molecule has 0 aromatic rings. The number of carbonyl (C=O) groups excluding carboxylic acids is 1. The lowest BCUT2D eigenvalue weighted by atomic mass is 9.80. The molecule has 1 saturated heterocycles.